The Balaban J connectivity index is 0.000000873. The molecule has 0 saturated carbocycles. The fraction of sp³-hybridized carbons (Fsp3) is 0.500. The highest BCUT2D eigenvalue weighted by Crippen LogP contribution is 2.27. The number of benzene rings is 1. The molecule has 0 aliphatic heterocycles. The molecule has 0 saturated heterocycles. The van der Waals surface area contributed by atoms with Gasteiger partial charge >= 0.3 is 16.0 Å². The average molecular weight is 421 g/mol. The zero-order valence-electron chi connectivity index (χ0n) is 12.2. The van der Waals surface area contributed by atoms with Crippen LogP contribution in [0.4, 0.5) is 5.69 Å². The molecule has 1 rings (SSSR count). The first-order chi connectivity index (χ1) is 8.14. The molecule has 0 unspecified atom stereocenters. The van der Waals surface area contributed by atoms with Gasteiger partial charge in [-0.2, -0.15) is 0 Å². The molecule has 0 bridgehead atoms. The zero-order valence-corrected chi connectivity index (χ0v) is 18.8. The molecule has 0 aromatic heterocycles. The van der Waals surface area contributed by atoms with Gasteiger partial charge in [0.15, 0.2) is 0 Å². The van der Waals surface area contributed by atoms with E-state index in [0.717, 1.165) is 0 Å². The van der Waals surface area contributed by atoms with Gasteiger partial charge in [0.2, 0.25) is 0 Å². The van der Waals surface area contributed by atoms with Crippen LogP contribution in [0.25, 0.3) is 0 Å². The summed E-state index contributed by atoms with van der Waals surface area (Å²) in [7, 11) is -2.58. The molecule has 1 aromatic carbocycles. The van der Waals surface area contributed by atoms with Crippen molar-refractivity contribution in [1.29, 1.82) is 0 Å². The van der Waals surface area contributed by atoms with Crippen molar-refractivity contribution in [1.82, 2.24) is 0 Å². The summed E-state index contributed by atoms with van der Waals surface area (Å²) in [6.45, 7) is 14.5. The lowest BCUT2D eigenvalue weighted by Crippen LogP contribution is -2.59. The van der Waals surface area contributed by atoms with Gasteiger partial charge < -0.3 is 4.23 Å². The standard InChI is InChI=1S/C12H22NSi2.2BrH.Mg/c1-14(2,3)13(15(4,5)6)12-10-8-7-9-11-12;;;/h7-8,10-11H,1-6H3;2*1H;/q;;;+2/p-2. The molecule has 0 N–H and O–H groups in total. The minimum Gasteiger partial charge on any atom is -0.425 e. The van der Waals surface area contributed by atoms with E-state index in [-0.39, 0.29) is 16.0 Å². The van der Waals surface area contributed by atoms with Crippen molar-refractivity contribution in [3.63, 3.8) is 0 Å². The maximum Gasteiger partial charge on any atom is 0.560 e. The van der Waals surface area contributed by atoms with Gasteiger partial charge in [0.25, 0.3) is 0 Å². The molecule has 99 valence electrons. The van der Waals surface area contributed by atoms with Crippen LogP contribution in [0.1, 0.15) is 0 Å². The lowest BCUT2D eigenvalue weighted by atomic mass is 10.3. The Bertz CT molecular complexity index is 322. The summed E-state index contributed by atoms with van der Waals surface area (Å²) < 4.78 is 2.70. The van der Waals surface area contributed by atoms with Crippen LogP contribution in [0, 0.1) is 6.07 Å². The maximum atomic E-state index is 3.20. The highest BCUT2D eigenvalue weighted by molar-refractivity contribution is 9.47. The highest BCUT2D eigenvalue weighted by atomic mass is 79.9. The number of hydrogen-bond donors (Lipinski definition) is 0. The molecule has 0 amide bonds. The summed E-state index contributed by atoms with van der Waals surface area (Å²) in [5, 5.41) is 0. The van der Waals surface area contributed by atoms with Crippen molar-refractivity contribution in [2.24, 2.45) is 0 Å². The fourth-order valence-corrected chi connectivity index (χ4v) is 12.2. The smallest absolute Gasteiger partial charge is 0.425 e. The molecule has 0 aliphatic rings. The normalized spacial score (nSPS) is 11.1. The van der Waals surface area contributed by atoms with Gasteiger partial charge in [-0.1, -0.05) is 51.4 Å². The van der Waals surface area contributed by atoms with Crippen molar-refractivity contribution in [3.8, 4) is 0 Å². The molecular weight excluding hydrogens is 398 g/mol. The predicted octanol–water partition coefficient (Wildman–Crippen LogP) is 5.27. The summed E-state index contributed by atoms with van der Waals surface area (Å²) in [5.74, 6) is 0. The summed E-state index contributed by atoms with van der Waals surface area (Å²) in [6, 6.07) is 11.6. The first-order valence-electron chi connectivity index (χ1n) is 6.03. The second-order valence-electron chi connectivity index (χ2n) is 6.04. The summed E-state index contributed by atoms with van der Waals surface area (Å²) in [6.07, 6.45) is 0. The topological polar surface area (TPSA) is 3.24 Å². The van der Waals surface area contributed by atoms with Crippen LogP contribution < -0.4 is 4.23 Å². The lowest BCUT2D eigenvalue weighted by Gasteiger charge is -2.45. The van der Waals surface area contributed by atoms with Gasteiger partial charge in [0.05, 0.1) is 0 Å². The summed E-state index contributed by atoms with van der Waals surface area (Å²) >= 11 is 6.44. The van der Waals surface area contributed by atoms with Crippen molar-refractivity contribution >= 4 is 63.9 Å². The SMILES string of the molecule is C[Si](C)(C)N(c1c[c]ccc1)[Si](C)(C)C.[Br][Mg][Br]. The van der Waals surface area contributed by atoms with Gasteiger partial charge in [-0.25, -0.2) is 0 Å². The van der Waals surface area contributed by atoms with E-state index >= 15 is 0 Å². The third-order valence-corrected chi connectivity index (χ3v) is 9.52. The van der Waals surface area contributed by atoms with E-state index in [0.29, 0.717) is 0 Å². The van der Waals surface area contributed by atoms with Gasteiger partial charge in [-0.15, -0.1) is 0 Å². The molecule has 18 heavy (non-hydrogen) atoms. The van der Waals surface area contributed by atoms with Crippen LogP contribution in [0.5, 0.6) is 0 Å². The van der Waals surface area contributed by atoms with E-state index in [9.17, 15) is 0 Å². The molecule has 1 nitrogen and oxygen atoms in total. The Morgan fingerprint density at radius 1 is 1.06 bits per heavy atom. The maximum absolute atomic E-state index is 3.20. The number of halogens is 2. The second kappa shape index (κ2) is 8.46. The Hall–Kier alpha value is 1.18. The van der Waals surface area contributed by atoms with Gasteiger partial charge in [-0.3, -0.25) is 25.8 Å². The number of nitrogens with zero attached hydrogens (tertiary/aromatic N) is 1. The minimum atomic E-state index is -1.29. The third kappa shape index (κ3) is 7.09. The third-order valence-electron chi connectivity index (χ3n) is 2.29. The van der Waals surface area contributed by atoms with E-state index in [4.69, 9.17) is 0 Å². The molecule has 0 heterocycles. The van der Waals surface area contributed by atoms with Crippen LogP contribution in [-0.4, -0.2) is 32.5 Å². The first kappa shape index (κ1) is 19.2. The lowest BCUT2D eigenvalue weighted by molar-refractivity contribution is 1.35. The average Bonchev–Trinajstić information content (AvgIpc) is 2.15. The molecule has 0 atom stereocenters. The number of hydrogen-bond acceptors (Lipinski definition) is 1. The largest absolute Gasteiger partial charge is 0.560 e. The monoisotopic (exact) mass is 418 g/mol. The highest BCUT2D eigenvalue weighted by Gasteiger charge is 2.34. The molecule has 0 aliphatic carbocycles. The fourth-order valence-electron chi connectivity index (χ4n) is 2.30. The summed E-state index contributed by atoms with van der Waals surface area (Å²) in [5.41, 5.74) is 1.36. The van der Waals surface area contributed by atoms with Crippen molar-refractivity contribution in [3.05, 3.63) is 30.3 Å². The van der Waals surface area contributed by atoms with E-state index in [1.807, 2.05) is 6.07 Å². The van der Waals surface area contributed by atoms with Crippen LogP contribution in [0.15, 0.2) is 24.3 Å². The van der Waals surface area contributed by atoms with Crippen molar-refractivity contribution in [2.45, 2.75) is 39.3 Å². The quantitative estimate of drug-likeness (QED) is 0.602. The second-order valence-corrected chi connectivity index (χ2v) is 24.1. The van der Waals surface area contributed by atoms with E-state index in [2.05, 4.69) is 93.5 Å². The van der Waals surface area contributed by atoms with Crippen LogP contribution in [0.2, 0.25) is 39.3 Å². The van der Waals surface area contributed by atoms with E-state index in [1.54, 1.807) is 0 Å². The van der Waals surface area contributed by atoms with Gasteiger partial charge in [-0.05, 0) is 18.2 Å². The van der Waals surface area contributed by atoms with Crippen LogP contribution in [-0.2, 0) is 0 Å². The van der Waals surface area contributed by atoms with Crippen LogP contribution >= 0.6 is 25.8 Å². The molecule has 0 fully saturated rings. The molecule has 1 aromatic rings. The van der Waals surface area contributed by atoms with E-state index < -0.39 is 16.5 Å². The van der Waals surface area contributed by atoms with Gasteiger partial charge in [0, 0.05) is 5.69 Å². The Labute approximate surface area is 136 Å². The van der Waals surface area contributed by atoms with Crippen molar-refractivity contribution in [2.75, 3.05) is 4.23 Å². The molecule has 6 heteroatoms. The minimum absolute atomic E-state index is 0.0417. The zero-order chi connectivity index (χ0) is 14.4. The van der Waals surface area contributed by atoms with Crippen molar-refractivity contribution < 1.29 is 0 Å². The first-order valence-corrected chi connectivity index (χ1v) is 20.7. The molecule has 0 spiro atoms. The molecular formula is C12H22Br2MgNSi2. The number of rotatable bonds is 3. The Kier molecular flexibility index (Phi) is 9.02. The summed E-state index contributed by atoms with van der Waals surface area (Å²) in [4.78, 5) is 0. The predicted molar refractivity (Wildman–Crippen MR) is 98.1 cm³/mol. The Morgan fingerprint density at radius 2 is 1.50 bits per heavy atom. The number of anilines is 1. The van der Waals surface area contributed by atoms with Gasteiger partial charge in [0.1, 0.15) is 16.5 Å². The van der Waals surface area contributed by atoms with Crippen LogP contribution in [0.3, 0.4) is 0 Å². The molecule has 1 radical (unpaired) electrons. The Morgan fingerprint density at radius 3 is 1.78 bits per heavy atom. The van der Waals surface area contributed by atoms with E-state index in [1.165, 1.54) is 5.69 Å².